The number of nitrogens with two attached hydrogens (primary N) is 2. The zero-order valence-corrected chi connectivity index (χ0v) is 27.5. The molecule has 2 atom stereocenters. The predicted molar refractivity (Wildman–Crippen MR) is 167 cm³/mol. The van der Waals surface area contributed by atoms with Gasteiger partial charge >= 0.3 is 24.1 Å². The topological polar surface area (TPSA) is 164 Å². The van der Waals surface area contributed by atoms with Crippen LogP contribution in [-0.2, 0) is 31.9 Å². The molecule has 12 nitrogen and oxygen atoms in total. The molecule has 0 aliphatic rings. The summed E-state index contributed by atoms with van der Waals surface area (Å²) < 4.78 is 20.7. The molecule has 0 saturated heterocycles. The van der Waals surface area contributed by atoms with Crippen LogP contribution in [0.4, 0.5) is 9.59 Å². The van der Waals surface area contributed by atoms with Crippen LogP contribution in [0.5, 0.6) is 11.5 Å². The van der Waals surface area contributed by atoms with E-state index in [1.165, 1.54) is 9.80 Å². The van der Waals surface area contributed by atoms with E-state index in [2.05, 4.69) is 0 Å². The summed E-state index contributed by atoms with van der Waals surface area (Å²) in [5.41, 5.74) is 12.3. The van der Waals surface area contributed by atoms with E-state index in [9.17, 15) is 19.2 Å². The van der Waals surface area contributed by atoms with Crippen molar-refractivity contribution >= 4 is 24.1 Å². The van der Waals surface area contributed by atoms with Gasteiger partial charge in [0.2, 0.25) is 0 Å². The largest absolute Gasteiger partial charge is 0.459 e. The third-order valence-corrected chi connectivity index (χ3v) is 5.32. The van der Waals surface area contributed by atoms with Gasteiger partial charge in [0.1, 0.15) is 34.8 Å². The summed E-state index contributed by atoms with van der Waals surface area (Å²) in [6.45, 7) is 10.8. The zero-order chi connectivity index (χ0) is 33.8. The number of ether oxygens (including phenoxy) is 4. The van der Waals surface area contributed by atoms with Crippen molar-refractivity contribution in [2.45, 2.75) is 77.7 Å². The minimum Gasteiger partial charge on any atom is -0.459 e. The van der Waals surface area contributed by atoms with Crippen LogP contribution < -0.4 is 20.9 Å². The van der Waals surface area contributed by atoms with Crippen LogP contribution in [0.2, 0.25) is 0 Å². The highest BCUT2D eigenvalue weighted by Gasteiger charge is 2.23. The Kier molecular flexibility index (Phi) is 14.3. The van der Waals surface area contributed by atoms with Crippen molar-refractivity contribution in [1.29, 1.82) is 0 Å². The van der Waals surface area contributed by atoms with Gasteiger partial charge in [0.15, 0.2) is 0 Å². The number of amides is 2. The van der Waals surface area contributed by atoms with Crippen molar-refractivity contribution in [2.24, 2.45) is 11.5 Å². The van der Waals surface area contributed by atoms with Gasteiger partial charge < -0.3 is 40.2 Å². The number of carbonyl (C=O) groups excluding carboxylic acids is 4. The van der Waals surface area contributed by atoms with Crippen LogP contribution >= 0.6 is 0 Å². The molecule has 244 valence electrons. The van der Waals surface area contributed by atoms with Gasteiger partial charge in [-0.1, -0.05) is 24.3 Å². The standard InChI is InChI=1S/2C16H24N2O4/c2*1-16(2,3)22-14(19)13(17)10-11-6-8-12(9-7-11)21-15(20)18(4)5/h2*6-9,13H,10,17H2,1-5H3/t2*13-/m00/s1. The van der Waals surface area contributed by atoms with E-state index in [1.807, 2.05) is 0 Å². The number of rotatable bonds is 8. The van der Waals surface area contributed by atoms with E-state index >= 15 is 0 Å². The Morgan fingerprint density at radius 1 is 0.591 bits per heavy atom. The summed E-state index contributed by atoms with van der Waals surface area (Å²) in [6.07, 6.45) is -0.176. The molecule has 0 saturated carbocycles. The molecule has 0 spiro atoms. The number of nitrogens with zero attached hydrogens (tertiary/aromatic N) is 2. The summed E-state index contributed by atoms with van der Waals surface area (Å²) in [6, 6.07) is 12.3. The van der Waals surface area contributed by atoms with Gasteiger partial charge in [-0.15, -0.1) is 0 Å². The molecule has 2 amide bonds. The molecule has 0 aromatic heterocycles. The first-order chi connectivity index (χ1) is 20.2. The van der Waals surface area contributed by atoms with Gasteiger partial charge in [0.25, 0.3) is 0 Å². The summed E-state index contributed by atoms with van der Waals surface area (Å²) in [7, 11) is 6.43. The highest BCUT2D eigenvalue weighted by atomic mass is 16.6. The first-order valence-corrected chi connectivity index (χ1v) is 14.1. The molecular formula is C32H48N4O8. The van der Waals surface area contributed by atoms with Crippen LogP contribution in [0.25, 0.3) is 0 Å². The SMILES string of the molecule is CN(C)C(=O)Oc1ccc(C[C@H](N)C(=O)OC(C)(C)C)cc1.CN(C)C(=O)Oc1ccc(C[C@H](N)C(=O)OC(C)(C)C)cc1. The van der Waals surface area contributed by atoms with Gasteiger partial charge in [-0.3, -0.25) is 9.59 Å². The van der Waals surface area contributed by atoms with E-state index in [-0.39, 0.29) is 0 Å². The Morgan fingerprint density at radius 2 is 0.864 bits per heavy atom. The van der Waals surface area contributed by atoms with Crippen molar-refractivity contribution in [2.75, 3.05) is 28.2 Å². The van der Waals surface area contributed by atoms with E-state index in [0.717, 1.165) is 11.1 Å². The molecule has 0 aliphatic carbocycles. The lowest BCUT2D eigenvalue weighted by molar-refractivity contribution is -0.157. The Hall–Kier alpha value is -4.16. The molecule has 0 aliphatic heterocycles. The van der Waals surface area contributed by atoms with Crippen LogP contribution in [0, 0.1) is 0 Å². The average Bonchev–Trinajstić information content (AvgIpc) is 2.89. The molecule has 44 heavy (non-hydrogen) atoms. The Labute approximate surface area is 260 Å². The average molecular weight is 617 g/mol. The maximum absolute atomic E-state index is 11.8. The molecule has 2 aromatic rings. The highest BCUT2D eigenvalue weighted by molar-refractivity contribution is 5.77. The van der Waals surface area contributed by atoms with E-state index < -0.39 is 47.4 Å². The third-order valence-electron chi connectivity index (χ3n) is 5.32. The number of hydrogen-bond donors (Lipinski definition) is 2. The second-order valence-electron chi connectivity index (χ2n) is 12.5. The monoisotopic (exact) mass is 616 g/mol. The van der Waals surface area contributed by atoms with Crippen LogP contribution in [0.3, 0.4) is 0 Å². The highest BCUT2D eigenvalue weighted by Crippen LogP contribution is 2.17. The van der Waals surface area contributed by atoms with Crippen molar-refractivity contribution < 1.29 is 38.1 Å². The molecule has 2 aromatic carbocycles. The smallest absolute Gasteiger partial charge is 0.414 e. The van der Waals surface area contributed by atoms with Gasteiger partial charge in [0.05, 0.1) is 0 Å². The second-order valence-corrected chi connectivity index (χ2v) is 12.5. The number of esters is 2. The van der Waals surface area contributed by atoms with E-state index in [0.29, 0.717) is 24.3 Å². The summed E-state index contributed by atoms with van der Waals surface area (Å²) in [4.78, 5) is 49.2. The van der Waals surface area contributed by atoms with Crippen molar-refractivity contribution in [3.8, 4) is 11.5 Å². The third kappa shape index (κ3) is 15.4. The fourth-order valence-corrected chi connectivity index (χ4v) is 3.20. The molecule has 4 N–H and O–H groups in total. The fourth-order valence-electron chi connectivity index (χ4n) is 3.20. The molecule has 0 radical (unpaired) electrons. The Bertz CT molecular complexity index is 1130. The van der Waals surface area contributed by atoms with E-state index in [1.54, 1.807) is 118 Å². The van der Waals surface area contributed by atoms with Gasteiger partial charge in [-0.2, -0.15) is 0 Å². The second kappa shape index (κ2) is 16.6. The van der Waals surface area contributed by atoms with Crippen molar-refractivity contribution in [3.05, 3.63) is 59.7 Å². The molecule has 12 heteroatoms. The Morgan fingerprint density at radius 3 is 1.09 bits per heavy atom. The lowest BCUT2D eigenvalue weighted by atomic mass is 10.1. The number of benzene rings is 2. The lowest BCUT2D eigenvalue weighted by Crippen LogP contribution is -2.38. The molecule has 2 rings (SSSR count). The lowest BCUT2D eigenvalue weighted by Gasteiger charge is -2.22. The quantitative estimate of drug-likeness (QED) is 0.416. The maximum atomic E-state index is 11.8. The predicted octanol–water partition coefficient (Wildman–Crippen LogP) is 3.92. The zero-order valence-electron chi connectivity index (χ0n) is 27.5. The molecule has 0 unspecified atom stereocenters. The summed E-state index contributed by atoms with van der Waals surface area (Å²) >= 11 is 0. The number of hydrogen-bond acceptors (Lipinski definition) is 10. The first-order valence-electron chi connectivity index (χ1n) is 14.1. The fraction of sp³-hybridized carbons (Fsp3) is 0.500. The van der Waals surface area contributed by atoms with Crippen molar-refractivity contribution in [1.82, 2.24) is 9.80 Å². The normalized spacial score (nSPS) is 12.5. The molecular weight excluding hydrogens is 568 g/mol. The summed E-state index contributed by atoms with van der Waals surface area (Å²) in [5.74, 6) is 0.00723. The first kappa shape index (κ1) is 37.9. The molecule has 0 fully saturated rings. The molecule has 0 heterocycles. The summed E-state index contributed by atoms with van der Waals surface area (Å²) in [5, 5.41) is 0. The minimum absolute atomic E-state index is 0.358. The van der Waals surface area contributed by atoms with Gasteiger partial charge in [-0.05, 0) is 89.8 Å². The van der Waals surface area contributed by atoms with Gasteiger partial charge in [0, 0.05) is 28.2 Å². The van der Waals surface area contributed by atoms with Crippen molar-refractivity contribution in [3.63, 3.8) is 0 Å². The van der Waals surface area contributed by atoms with Crippen LogP contribution in [0.1, 0.15) is 52.7 Å². The minimum atomic E-state index is -0.727. The molecule has 0 bridgehead atoms. The maximum Gasteiger partial charge on any atom is 0.414 e. The van der Waals surface area contributed by atoms with E-state index in [4.69, 9.17) is 30.4 Å². The Balaban J connectivity index is 0.000000440. The number of carbonyl (C=O) groups is 4. The van der Waals surface area contributed by atoms with Gasteiger partial charge in [-0.25, -0.2) is 9.59 Å². The van der Waals surface area contributed by atoms with Crippen LogP contribution in [-0.4, -0.2) is 85.4 Å². The van der Waals surface area contributed by atoms with Crippen LogP contribution in [0.15, 0.2) is 48.5 Å².